The van der Waals surface area contributed by atoms with Gasteiger partial charge < -0.3 is 4.57 Å². The van der Waals surface area contributed by atoms with Crippen LogP contribution in [0.1, 0.15) is 16.5 Å². The molecule has 0 radical (unpaired) electrons. The summed E-state index contributed by atoms with van der Waals surface area (Å²) in [5, 5.41) is 3.12. The molecule has 0 saturated carbocycles. The van der Waals surface area contributed by atoms with Crippen molar-refractivity contribution in [1.82, 2.24) is 14.5 Å². The Hall–Kier alpha value is -1.17. The number of nitrogens with zero attached hydrogens (tertiary/aromatic N) is 3. The number of aryl methyl sites for hydroxylation is 2. The van der Waals surface area contributed by atoms with E-state index in [0.29, 0.717) is 24.4 Å². The maximum Gasteiger partial charge on any atom is 0.144 e. The Kier molecular flexibility index (Phi) is 4.15. The van der Waals surface area contributed by atoms with E-state index in [1.165, 1.54) is 6.07 Å². The number of hydrogen-bond acceptors (Lipinski definition) is 3. The van der Waals surface area contributed by atoms with Crippen molar-refractivity contribution < 1.29 is 4.39 Å². The molecule has 0 fully saturated rings. The van der Waals surface area contributed by atoms with Crippen molar-refractivity contribution in [3.8, 4) is 0 Å². The van der Waals surface area contributed by atoms with Crippen LogP contribution in [0, 0.1) is 12.7 Å². The molecule has 2 aromatic heterocycles. The maximum absolute atomic E-state index is 13.6. The smallest absolute Gasteiger partial charge is 0.144 e. The highest BCUT2D eigenvalue weighted by molar-refractivity contribution is 7.09. The molecule has 110 valence electrons. The van der Waals surface area contributed by atoms with Gasteiger partial charge in [-0.05, 0) is 13.0 Å². The molecule has 0 aliphatic rings. The van der Waals surface area contributed by atoms with E-state index in [4.69, 9.17) is 23.2 Å². The van der Waals surface area contributed by atoms with Crippen molar-refractivity contribution in [3.63, 3.8) is 0 Å². The highest BCUT2D eigenvalue weighted by atomic mass is 35.5. The number of aromatic nitrogens is 3. The first-order chi connectivity index (χ1) is 10.1. The van der Waals surface area contributed by atoms with Gasteiger partial charge in [0.2, 0.25) is 0 Å². The third-order valence-electron chi connectivity index (χ3n) is 3.17. The zero-order chi connectivity index (χ0) is 15.0. The summed E-state index contributed by atoms with van der Waals surface area (Å²) in [6, 6.07) is 2.97. The quantitative estimate of drug-likeness (QED) is 0.656. The number of alkyl halides is 1. The first-order valence-electron chi connectivity index (χ1n) is 6.39. The van der Waals surface area contributed by atoms with Gasteiger partial charge in [0.1, 0.15) is 11.6 Å². The van der Waals surface area contributed by atoms with E-state index in [1.54, 1.807) is 17.4 Å². The van der Waals surface area contributed by atoms with Crippen LogP contribution in [0.3, 0.4) is 0 Å². The van der Waals surface area contributed by atoms with Gasteiger partial charge in [0, 0.05) is 23.7 Å². The van der Waals surface area contributed by atoms with Gasteiger partial charge in [-0.15, -0.1) is 22.9 Å². The van der Waals surface area contributed by atoms with Crippen molar-refractivity contribution in [3.05, 3.63) is 44.9 Å². The van der Waals surface area contributed by atoms with Crippen LogP contribution in [0.2, 0.25) is 5.02 Å². The normalized spacial score (nSPS) is 11.4. The van der Waals surface area contributed by atoms with Crippen molar-refractivity contribution >= 4 is 45.6 Å². The van der Waals surface area contributed by atoms with Crippen LogP contribution < -0.4 is 0 Å². The standard InChI is InChI=1S/C14H12Cl2FN3S/c1-8-18-9(7-21-8)6-20-13-4-10(16)11(17)5-12(13)19-14(20)2-3-15/h4-5,7H,2-3,6H2,1H3. The minimum atomic E-state index is -0.462. The third kappa shape index (κ3) is 2.91. The fourth-order valence-corrected chi connectivity index (χ4v) is 3.20. The lowest BCUT2D eigenvalue weighted by atomic mass is 10.3. The Morgan fingerprint density at radius 2 is 2.14 bits per heavy atom. The Bertz CT molecular complexity index is 797. The average Bonchev–Trinajstić information content (AvgIpc) is 2.97. The monoisotopic (exact) mass is 343 g/mol. The molecule has 0 spiro atoms. The molecule has 0 N–H and O–H groups in total. The number of hydrogen-bond donors (Lipinski definition) is 0. The highest BCUT2D eigenvalue weighted by Crippen LogP contribution is 2.25. The van der Waals surface area contributed by atoms with Gasteiger partial charge in [0.25, 0.3) is 0 Å². The van der Waals surface area contributed by atoms with Crippen molar-refractivity contribution in [1.29, 1.82) is 0 Å². The summed E-state index contributed by atoms with van der Waals surface area (Å²) in [6.45, 7) is 2.54. The van der Waals surface area contributed by atoms with Gasteiger partial charge in [-0.1, -0.05) is 11.6 Å². The minimum Gasteiger partial charge on any atom is -0.322 e. The van der Waals surface area contributed by atoms with E-state index in [9.17, 15) is 4.39 Å². The second-order valence-corrected chi connectivity index (χ2v) is 6.51. The van der Waals surface area contributed by atoms with Crippen LogP contribution in [0.25, 0.3) is 11.0 Å². The van der Waals surface area contributed by atoms with Crippen LogP contribution in [0.5, 0.6) is 0 Å². The van der Waals surface area contributed by atoms with Crippen molar-refractivity contribution in [2.45, 2.75) is 19.9 Å². The number of rotatable bonds is 4. The zero-order valence-electron chi connectivity index (χ0n) is 11.2. The van der Waals surface area contributed by atoms with Gasteiger partial charge in [-0.2, -0.15) is 0 Å². The Morgan fingerprint density at radius 3 is 2.81 bits per heavy atom. The number of thiazole rings is 1. The molecule has 3 aromatic rings. The van der Waals surface area contributed by atoms with Crippen LogP contribution >= 0.6 is 34.5 Å². The molecular weight excluding hydrogens is 332 g/mol. The van der Waals surface area contributed by atoms with E-state index >= 15 is 0 Å². The first kappa shape index (κ1) is 14.8. The Morgan fingerprint density at radius 1 is 1.33 bits per heavy atom. The molecule has 2 heterocycles. The lowest BCUT2D eigenvalue weighted by molar-refractivity contribution is 0.629. The molecule has 3 rings (SSSR count). The second kappa shape index (κ2) is 5.91. The first-order valence-corrected chi connectivity index (χ1v) is 8.19. The molecular formula is C14H12Cl2FN3S. The Labute approximate surface area is 135 Å². The number of imidazole rings is 1. The minimum absolute atomic E-state index is 0.0931. The predicted molar refractivity (Wildman–Crippen MR) is 85.1 cm³/mol. The molecule has 0 saturated heterocycles. The van der Waals surface area contributed by atoms with Crippen molar-refractivity contribution in [2.24, 2.45) is 0 Å². The third-order valence-corrected chi connectivity index (χ3v) is 4.48. The molecule has 0 aliphatic carbocycles. The number of halogens is 3. The second-order valence-electron chi connectivity index (χ2n) is 4.67. The van der Waals surface area contributed by atoms with Crippen LogP contribution in [0.15, 0.2) is 17.5 Å². The summed E-state index contributed by atoms with van der Waals surface area (Å²) < 4.78 is 15.6. The molecule has 0 aliphatic heterocycles. The van der Waals surface area contributed by atoms with E-state index in [-0.39, 0.29) is 5.02 Å². The largest absolute Gasteiger partial charge is 0.322 e. The summed E-state index contributed by atoms with van der Waals surface area (Å²) in [6.07, 6.45) is 0.610. The zero-order valence-corrected chi connectivity index (χ0v) is 13.6. The highest BCUT2D eigenvalue weighted by Gasteiger charge is 2.14. The fourth-order valence-electron chi connectivity index (χ4n) is 2.26. The van der Waals surface area contributed by atoms with Crippen LogP contribution in [-0.2, 0) is 13.0 Å². The average molecular weight is 344 g/mol. The molecule has 0 atom stereocenters. The van der Waals surface area contributed by atoms with E-state index in [1.807, 2.05) is 16.9 Å². The summed E-state index contributed by atoms with van der Waals surface area (Å²) in [5.74, 6) is 0.804. The molecule has 0 unspecified atom stereocenters. The van der Waals surface area contributed by atoms with Crippen LogP contribution in [-0.4, -0.2) is 20.4 Å². The molecule has 0 amide bonds. The van der Waals surface area contributed by atoms with E-state index in [0.717, 1.165) is 22.0 Å². The van der Waals surface area contributed by atoms with Crippen molar-refractivity contribution in [2.75, 3.05) is 5.88 Å². The maximum atomic E-state index is 13.6. The SMILES string of the molecule is Cc1nc(Cn2c(CCCl)nc3cc(F)c(Cl)cc32)cs1. The molecule has 3 nitrogen and oxygen atoms in total. The number of fused-ring (bicyclic) bond motifs is 1. The van der Waals surface area contributed by atoms with Gasteiger partial charge in [0.05, 0.1) is 33.3 Å². The summed E-state index contributed by atoms with van der Waals surface area (Å²) in [4.78, 5) is 8.93. The molecule has 0 bridgehead atoms. The van der Waals surface area contributed by atoms with Crippen LogP contribution in [0.4, 0.5) is 4.39 Å². The van der Waals surface area contributed by atoms with Gasteiger partial charge in [0.15, 0.2) is 0 Å². The summed E-state index contributed by atoms with van der Waals surface area (Å²) in [7, 11) is 0. The predicted octanol–water partition coefficient (Wildman–Crippen LogP) is 4.42. The summed E-state index contributed by atoms with van der Waals surface area (Å²) in [5.41, 5.74) is 2.34. The molecule has 21 heavy (non-hydrogen) atoms. The number of benzene rings is 1. The van der Waals surface area contributed by atoms with Gasteiger partial charge in [-0.3, -0.25) is 0 Å². The lowest BCUT2D eigenvalue weighted by Crippen LogP contribution is -2.06. The lowest BCUT2D eigenvalue weighted by Gasteiger charge is -2.07. The fraction of sp³-hybridized carbons (Fsp3) is 0.286. The van der Waals surface area contributed by atoms with Gasteiger partial charge in [-0.25, -0.2) is 14.4 Å². The van der Waals surface area contributed by atoms with E-state index in [2.05, 4.69) is 9.97 Å². The Balaban J connectivity index is 2.12. The van der Waals surface area contributed by atoms with E-state index < -0.39 is 5.82 Å². The topological polar surface area (TPSA) is 30.7 Å². The molecule has 7 heteroatoms. The molecule has 1 aromatic carbocycles. The van der Waals surface area contributed by atoms with Gasteiger partial charge >= 0.3 is 0 Å². The summed E-state index contributed by atoms with van der Waals surface area (Å²) >= 11 is 13.3.